The molecule has 128 valence electrons. The van der Waals surface area contributed by atoms with Crippen LogP contribution in [0.2, 0.25) is 0 Å². The second-order valence-corrected chi connectivity index (χ2v) is 6.06. The molecule has 0 saturated heterocycles. The average molecular weight is 355 g/mol. The van der Waals surface area contributed by atoms with Crippen molar-refractivity contribution in [3.8, 4) is 11.4 Å². The van der Waals surface area contributed by atoms with Gasteiger partial charge in [-0.1, -0.05) is 17.8 Å². The number of hydrogen-bond acceptors (Lipinski definition) is 6. The second-order valence-electron chi connectivity index (χ2n) is 5.28. The Morgan fingerprint density at radius 2 is 1.96 bits per heavy atom. The van der Waals surface area contributed by atoms with E-state index in [1.165, 1.54) is 11.8 Å². The highest BCUT2D eigenvalue weighted by Crippen LogP contribution is 2.26. The number of aromatic nitrogens is 4. The van der Waals surface area contributed by atoms with Crippen LogP contribution in [0.3, 0.4) is 0 Å². The van der Waals surface area contributed by atoms with Crippen LogP contribution >= 0.6 is 11.8 Å². The molecule has 3 rings (SSSR count). The molecular formula is C17H17N5O2S. The maximum absolute atomic E-state index is 12.5. The minimum Gasteiger partial charge on any atom is -0.495 e. The highest BCUT2D eigenvalue weighted by molar-refractivity contribution is 7.98. The summed E-state index contributed by atoms with van der Waals surface area (Å²) in [7, 11) is 1.57. The fraction of sp³-hybridized carbons (Fsp3) is 0.176. The quantitative estimate of drug-likeness (QED) is 0.709. The van der Waals surface area contributed by atoms with Gasteiger partial charge < -0.3 is 10.1 Å². The first-order valence-electron chi connectivity index (χ1n) is 7.51. The third kappa shape index (κ3) is 3.63. The van der Waals surface area contributed by atoms with Crippen molar-refractivity contribution in [3.05, 3.63) is 53.6 Å². The van der Waals surface area contributed by atoms with Gasteiger partial charge in [0.1, 0.15) is 5.75 Å². The maximum atomic E-state index is 12.5. The zero-order chi connectivity index (χ0) is 17.8. The molecular weight excluding hydrogens is 338 g/mol. The maximum Gasteiger partial charge on any atom is 0.255 e. The molecule has 0 bridgehead atoms. The van der Waals surface area contributed by atoms with E-state index in [9.17, 15) is 4.79 Å². The summed E-state index contributed by atoms with van der Waals surface area (Å²) in [4.78, 5) is 12.5. The van der Waals surface area contributed by atoms with Gasteiger partial charge in [-0.05, 0) is 65.6 Å². The molecule has 1 N–H and O–H groups in total. The molecule has 3 aromatic rings. The normalized spacial score (nSPS) is 10.5. The van der Waals surface area contributed by atoms with E-state index in [1.54, 1.807) is 36.1 Å². The number of nitrogens with one attached hydrogen (secondary N) is 1. The van der Waals surface area contributed by atoms with Crippen LogP contribution in [0.15, 0.2) is 47.6 Å². The molecule has 7 nitrogen and oxygen atoms in total. The number of methoxy groups -OCH3 is 1. The summed E-state index contributed by atoms with van der Waals surface area (Å²) in [5.41, 5.74) is 3.00. The number of benzene rings is 2. The molecule has 0 aliphatic heterocycles. The van der Waals surface area contributed by atoms with E-state index < -0.39 is 0 Å². The molecule has 0 spiro atoms. The number of rotatable bonds is 5. The Morgan fingerprint density at radius 1 is 1.20 bits per heavy atom. The van der Waals surface area contributed by atoms with Gasteiger partial charge in [0.15, 0.2) is 0 Å². The van der Waals surface area contributed by atoms with Crippen LogP contribution < -0.4 is 10.1 Å². The first-order chi connectivity index (χ1) is 12.1. The minimum absolute atomic E-state index is 0.211. The number of thioether (sulfide) groups is 1. The van der Waals surface area contributed by atoms with Gasteiger partial charge in [0.25, 0.3) is 5.91 Å². The van der Waals surface area contributed by atoms with Gasteiger partial charge in [-0.3, -0.25) is 4.79 Å². The zero-order valence-electron chi connectivity index (χ0n) is 14.1. The van der Waals surface area contributed by atoms with Crippen molar-refractivity contribution in [1.29, 1.82) is 0 Å². The third-order valence-corrected chi connectivity index (χ3v) is 4.22. The number of anilines is 1. The lowest BCUT2D eigenvalue weighted by atomic mass is 10.1. The van der Waals surface area contributed by atoms with Crippen LogP contribution in [0.1, 0.15) is 15.9 Å². The molecule has 0 radical (unpaired) electrons. The number of carbonyl (C=O) groups is 1. The van der Waals surface area contributed by atoms with Crippen LogP contribution in [-0.2, 0) is 0 Å². The molecule has 0 aliphatic rings. The molecule has 2 aromatic carbocycles. The van der Waals surface area contributed by atoms with Crippen molar-refractivity contribution in [1.82, 2.24) is 20.2 Å². The van der Waals surface area contributed by atoms with E-state index in [-0.39, 0.29) is 5.91 Å². The Kier molecular flexibility index (Phi) is 4.99. The van der Waals surface area contributed by atoms with Gasteiger partial charge in [0.2, 0.25) is 5.16 Å². The zero-order valence-corrected chi connectivity index (χ0v) is 14.9. The van der Waals surface area contributed by atoms with Crippen molar-refractivity contribution in [2.24, 2.45) is 0 Å². The first kappa shape index (κ1) is 17.0. The fourth-order valence-electron chi connectivity index (χ4n) is 2.34. The molecule has 0 unspecified atom stereocenters. The average Bonchev–Trinajstić information content (AvgIpc) is 3.11. The van der Waals surface area contributed by atoms with Crippen LogP contribution in [0.5, 0.6) is 5.75 Å². The Hall–Kier alpha value is -2.87. The highest BCUT2D eigenvalue weighted by Gasteiger charge is 2.12. The van der Waals surface area contributed by atoms with E-state index in [1.807, 2.05) is 31.4 Å². The monoisotopic (exact) mass is 355 g/mol. The topological polar surface area (TPSA) is 81.9 Å². The van der Waals surface area contributed by atoms with Crippen molar-refractivity contribution in [2.45, 2.75) is 12.1 Å². The lowest BCUT2D eigenvalue weighted by molar-refractivity contribution is 0.102. The van der Waals surface area contributed by atoms with Gasteiger partial charge in [0, 0.05) is 5.56 Å². The number of amides is 1. The molecule has 0 atom stereocenters. The number of aryl methyl sites for hydroxylation is 1. The number of nitrogens with zero attached hydrogens (tertiary/aromatic N) is 4. The van der Waals surface area contributed by atoms with Gasteiger partial charge in [-0.25, -0.2) is 0 Å². The summed E-state index contributed by atoms with van der Waals surface area (Å²) in [5, 5.41) is 15.1. The smallest absolute Gasteiger partial charge is 0.255 e. The van der Waals surface area contributed by atoms with E-state index in [0.717, 1.165) is 11.3 Å². The Balaban J connectivity index is 1.81. The molecule has 1 heterocycles. The molecule has 0 saturated carbocycles. The fourth-order valence-corrected chi connectivity index (χ4v) is 2.77. The SMILES string of the molecule is COc1ccc(C)cc1NC(=O)c1ccc(-n2nnnc2SC)cc1. The largest absolute Gasteiger partial charge is 0.495 e. The van der Waals surface area contributed by atoms with Gasteiger partial charge in [-0.15, -0.1) is 5.10 Å². The summed E-state index contributed by atoms with van der Waals surface area (Å²) in [5.74, 6) is 0.408. The molecule has 0 aliphatic carbocycles. The summed E-state index contributed by atoms with van der Waals surface area (Å²) in [6.07, 6.45) is 1.90. The lowest BCUT2D eigenvalue weighted by Crippen LogP contribution is -2.13. The van der Waals surface area contributed by atoms with E-state index in [0.29, 0.717) is 22.2 Å². The number of ether oxygens (including phenoxy) is 1. The van der Waals surface area contributed by atoms with E-state index in [4.69, 9.17) is 4.74 Å². The summed E-state index contributed by atoms with van der Waals surface area (Å²) >= 11 is 1.45. The van der Waals surface area contributed by atoms with Crippen LogP contribution in [-0.4, -0.2) is 39.5 Å². The Morgan fingerprint density at radius 3 is 2.64 bits per heavy atom. The molecule has 25 heavy (non-hydrogen) atoms. The standard InChI is InChI=1S/C17H17N5O2S/c1-11-4-9-15(24-2)14(10-11)18-16(23)12-5-7-13(8-6-12)22-17(25-3)19-20-21-22/h4-10H,1-3H3,(H,18,23). The number of tetrazole rings is 1. The summed E-state index contributed by atoms with van der Waals surface area (Å²) < 4.78 is 6.91. The van der Waals surface area contributed by atoms with E-state index in [2.05, 4.69) is 20.8 Å². The summed E-state index contributed by atoms with van der Waals surface area (Å²) in [6, 6.07) is 12.7. The lowest BCUT2D eigenvalue weighted by Gasteiger charge is -2.11. The Labute approximate surface area is 149 Å². The van der Waals surface area contributed by atoms with Crippen LogP contribution in [0, 0.1) is 6.92 Å². The van der Waals surface area contributed by atoms with Gasteiger partial charge in [0.05, 0.1) is 18.5 Å². The number of carbonyl (C=O) groups excluding carboxylic acids is 1. The van der Waals surface area contributed by atoms with Crippen molar-refractivity contribution in [3.63, 3.8) is 0 Å². The van der Waals surface area contributed by atoms with E-state index >= 15 is 0 Å². The van der Waals surface area contributed by atoms with Crippen molar-refractivity contribution < 1.29 is 9.53 Å². The Bertz CT molecular complexity index is 892. The molecule has 8 heteroatoms. The molecule has 1 amide bonds. The highest BCUT2D eigenvalue weighted by atomic mass is 32.2. The van der Waals surface area contributed by atoms with Gasteiger partial charge >= 0.3 is 0 Å². The summed E-state index contributed by atoms with van der Waals surface area (Å²) in [6.45, 7) is 1.96. The van der Waals surface area contributed by atoms with Crippen LogP contribution in [0.4, 0.5) is 5.69 Å². The van der Waals surface area contributed by atoms with Crippen molar-refractivity contribution >= 4 is 23.4 Å². The third-order valence-electron chi connectivity index (χ3n) is 3.60. The molecule has 1 aromatic heterocycles. The predicted octanol–water partition coefficient (Wildman–Crippen LogP) is 2.95. The second kappa shape index (κ2) is 7.35. The number of hydrogen-bond donors (Lipinski definition) is 1. The van der Waals surface area contributed by atoms with Gasteiger partial charge in [-0.2, -0.15) is 4.68 Å². The first-order valence-corrected chi connectivity index (χ1v) is 8.73. The predicted molar refractivity (Wildman–Crippen MR) is 96.6 cm³/mol. The van der Waals surface area contributed by atoms with Crippen LogP contribution in [0.25, 0.3) is 5.69 Å². The molecule has 0 fully saturated rings. The van der Waals surface area contributed by atoms with Crippen molar-refractivity contribution in [2.75, 3.05) is 18.7 Å². The minimum atomic E-state index is -0.211.